The van der Waals surface area contributed by atoms with Crippen LogP contribution in [0.2, 0.25) is 0 Å². The van der Waals surface area contributed by atoms with Crippen molar-refractivity contribution in [3.8, 4) is 0 Å². The number of amides is 1. The number of nitrogens with one attached hydrogen (secondary N) is 2. The van der Waals surface area contributed by atoms with Crippen LogP contribution in [0.25, 0.3) is 5.57 Å². The Labute approximate surface area is 187 Å². The Morgan fingerprint density at radius 2 is 2.18 bits per heavy atom. The first-order chi connectivity index (χ1) is 15.7. The van der Waals surface area contributed by atoms with E-state index >= 15 is 0 Å². The number of hydrogen-bond acceptors (Lipinski definition) is 8. The highest BCUT2D eigenvalue weighted by atomic mass is 31.2. The molecule has 13 heteroatoms. The predicted octanol–water partition coefficient (Wildman–Crippen LogP) is 1.74. The molecule has 1 unspecified atom stereocenters. The van der Waals surface area contributed by atoms with Crippen molar-refractivity contribution >= 4 is 36.6 Å². The lowest BCUT2D eigenvalue weighted by molar-refractivity contribution is -0.117. The van der Waals surface area contributed by atoms with Crippen molar-refractivity contribution in [1.29, 1.82) is 0 Å². The van der Waals surface area contributed by atoms with Gasteiger partial charge in [0.25, 0.3) is 0 Å². The van der Waals surface area contributed by atoms with Crippen molar-refractivity contribution in [2.45, 2.75) is 18.6 Å². The van der Waals surface area contributed by atoms with Gasteiger partial charge < -0.3 is 29.7 Å². The molecule has 1 fully saturated rings. The molecule has 11 nitrogen and oxygen atoms in total. The second-order valence-electron chi connectivity index (χ2n) is 7.71. The van der Waals surface area contributed by atoms with E-state index in [-0.39, 0.29) is 12.1 Å². The molecule has 1 saturated heterocycles. The molecule has 0 radical (unpaired) electrons. The second-order valence-corrected chi connectivity index (χ2v) is 9.35. The van der Waals surface area contributed by atoms with Crippen molar-refractivity contribution in [2.75, 3.05) is 36.0 Å². The van der Waals surface area contributed by atoms with Gasteiger partial charge in [0.15, 0.2) is 11.6 Å². The Morgan fingerprint density at radius 3 is 2.88 bits per heavy atom. The number of aromatic nitrogens is 1. The van der Waals surface area contributed by atoms with E-state index in [4.69, 9.17) is 19.0 Å². The first-order valence-electron chi connectivity index (χ1n) is 10.1. The highest BCUT2D eigenvalue weighted by molar-refractivity contribution is 7.52. The molecule has 0 spiro atoms. The maximum absolute atomic E-state index is 15.0. The molecule has 2 aliphatic heterocycles. The third kappa shape index (κ3) is 5.66. The molecule has 2 atom stereocenters. The fraction of sp³-hybridized carbons (Fsp3) is 0.350. The number of carbonyl (C=O) groups is 2. The van der Waals surface area contributed by atoms with Crippen molar-refractivity contribution < 1.29 is 37.6 Å². The third-order valence-corrected chi connectivity index (χ3v) is 5.99. The molecule has 1 amide bonds. The number of Topliss-reactive ketones (excluding diaryl/α,β-unsaturated/α-hetero) is 1. The van der Waals surface area contributed by atoms with E-state index in [1.165, 1.54) is 29.4 Å². The van der Waals surface area contributed by atoms with E-state index in [2.05, 4.69) is 15.8 Å². The molecular weight excluding hydrogens is 458 g/mol. The second kappa shape index (κ2) is 9.44. The molecule has 0 aliphatic carbocycles. The molecule has 0 bridgehead atoms. The van der Waals surface area contributed by atoms with E-state index in [9.17, 15) is 18.5 Å². The van der Waals surface area contributed by atoms with Gasteiger partial charge in [-0.25, -0.2) is 9.18 Å². The number of benzene rings is 1. The van der Waals surface area contributed by atoms with E-state index in [1.807, 2.05) is 0 Å². The van der Waals surface area contributed by atoms with Gasteiger partial charge >= 0.3 is 13.7 Å². The topological polar surface area (TPSA) is 154 Å². The van der Waals surface area contributed by atoms with Crippen LogP contribution in [0.15, 0.2) is 41.1 Å². The molecule has 3 heterocycles. The number of nitrogens with zero attached hydrogens (tertiary/aromatic N) is 2. The predicted molar refractivity (Wildman–Crippen MR) is 115 cm³/mol. The minimum absolute atomic E-state index is 0.216. The van der Waals surface area contributed by atoms with Crippen LogP contribution in [-0.4, -0.2) is 64.8 Å². The highest BCUT2D eigenvalue weighted by Crippen LogP contribution is 2.35. The van der Waals surface area contributed by atoms with Gasteiger partial charge in [-0.2, -0.15) is 0 Å². The lowest BCUT2D eigenvalue weighted by Crippen LogP contribution is -2.40. The number of hydrogen-bond donors (Lipinski definition) is 4. The van der Waals surface area contributed by atoms with E-state index in [0.717, 1.165) is 0 Å². The zero-order valence-corrected chi connectivity index (χ0v) is 18.2. The fourth-order valence-corrected chi connectivity index (χ4v) is 4.33. The number of rotatable bonds is 8. The monoisotopic (exact) mass is 480 g/mol. The molecule has 1 aromatic carbocycles. The molecule has 4 rings (SSSR count). The molecule has 33 heavy (non-hydrogen) atoms. The quantitative estimate of drug-likeness (QED) is 0.411. The molecule has 0 saturated carbocycles. The smallest absolute Gasteiger partial charge is 0.414 e. The minimum atomic E-state index is -4.49. The Hall–Kier alpha value is -3.05. The lowest BCUT2D eigenvalue weighted by Gasteiger charge is -2.23. The van der Waals surface area contributed by atoms with Crippen molar-refractivity contribution in [3.05, 3.63) is 48.0 Å². The van der Waals surface area contributed by atoms with Crippen LogP contribution in [0, 0.1) is 5.82 Å². The molecule has 4 N–H and O–H groups in total. The summed E-state index contributed by atoms with van der Waals surface area (Å²) in [7, 11) is -4.49. The Bertz CT molecular complexity index is 1120. The highest BCUT2D eigenvalue weighted by Gasteiger charge is 2.33. The normalized spacial score (nSPS) is 21.0. The van der Waals surface area contributed by atoms with Gasteiger partial charge in [-0.05, 0) is 30.2 Å². The Kier molecular flexibility index (Phi) is 6.61. The van der Waals surface area contributed by atoms with Gasteiger partial charge in [0, 0.05) is 18.2 Å². The summed E-state index contributed by atoms with van der Waals surface area (Å²) >= 11 is 0. The van der Waals surface area contributed by atoms with Crippen LogP contribution in [-0.2, 0) is 14.1 Å². The SMILES string of the molecule is O=C(CP(=O)(O)O)C1C=C(c2ccc(N3C[C@H](CNc4ccon4)OC3=O)cc2F)CCN1. The van der Waals surface area contributed by atoms with Gasteiger partial charge in [0.1, 0.15) is 24.3 Å². The first-order valence-corrected chi connectivity index (χ1v) is 11.9. The van der Waals surface area contributed by atoms with Crippen LogP contribution in [0.5, 0.6) is 0 Å². The van der Waals surface area contributed by atoms with Gasteiger partial charge in [0.05, 0.1) is 24.8 Å². The third-order valence-electron chi connectivity index (χ3n) is 5.27. The summed E-state index contributed by atoms with van der Waals surface area (Å²) in [4.78, 5) is 43.8. The summed E-state index contributed by atoms with van der Waals surface area (Å²) in [6.07, 6.45) is 1.36. The van der Waals surface area contributed by atoms with Crippen LogP contribution in [0.4, 0.5) is 20.7 Å². The molecule has 2 aliphatic rings. The van der Waals surface area contributed by atoms with E-state index in [1.54, 1.807) is 12.1 Å². The summed E-state index contributed by atoms with van der Waals surface area (Å²) in [6.45, 7) is 0.872. The number of halogens is 1. The van der Waals surface area contributed by atoms with Gasteiger partial charge in [-0.15, -0.1) is 0 Å². The molecule has 2 aromatic rings. The average Bonchev–Trinajstić information content (AvgIpc) is 3.40. The minimum Gasteiger partial charge on any atom is -0.442 e. The summed E-state index contributed by atoms with van der Waals surface area (Å²) in [6, 6.07) is 5.04. The Morgan fingerprint density at radius 1 is 1.36 bits per heavy atom. The summed E-state index contributed by atoms with van der Waals surface area (Å²) in [5.41, 5.74) is 1.13. The number of anilines is 2. The van der Waals surface area contributed by atoms with Gasteiger partial charge in [-0.3, -0.25) is 14.3 Å². The zero-order valence-electron chi connectivity index (χ0n) is 17.3. The van der Waals surface area contributed by atoms with Crippen LogP contribution >= 0.6 is 7.60 Å². The van der Waals surface area contributed by atoms with Crippen LogP contribution < -0.4 is 15.5 Å². The maximum Gasteiger partial charge on any atom is 0.414 e. The molecular formula is C20H22FN4O7P. The van der Waals surface area contributed by atoms with Crippen molar-refractivity contribution in [2.24, 2.45) is 0 Å². The fourth-order valence-electron chi connectivity index (χ4n) is 3.73. The summed E-state index contributed by atoms with van der Waals surface area (Å²) in [5.74, 6) is -0.742. The first kappa shape index (κ1) is 23.1. The van der Waals surface area contributed by atoms with Crippen LogP contribution in [0.3, 0.4) is 0 Å². The number of ether oxygens (including phenoxy) is 1. The van der Waals surface area contributed by atoms with Crippen molar-refractivity contribution in [3.63, 3.8) is 0 Å². The number of ketones is 1. The molecule has 1 aromatic heterocycles. The van der Waals surface area contributed by atoms with E-state index < -0.39 is 43.6 Å². The summed E-state index contributed by atoms with van der Waals surface area (Å²) in [5, 5.41) is 9.56. The lowest BCUT2D eigenvalue weighted by atomic mass is 9.95. The maximum atomic E-state index is 15.0. The standard InChI is InChI=1S/C20H22FN4O7P/c21-16-8-13(25-10-14(32-20(25)27)9-23-19-4-6-31-24-19)1-2-15(16)12-3-5-22-17(7-12)18(26)11-33(28,29)30/h1-2,4,6-8,14,17,22H,3,5,9-11H2,(H,23,24)(H2,28,29,30)/t14-,17?/m0/s1. The van der Waals surface area contributed by atoms with Gasteiger partial charge in [0.2, 0.25) is 0 Å². The van der Waals surface area contributed by atoms with Gasteiger partial charge in [-0.1, -0.05) is 11.2 Å². The number of cyclic esters (lactones) is 1. The average molecular weight is 480 g/mol. The molecule has 176 valence electrons. The van der Waals surface area contributed by atoms with E-state index in [0.29, 0.717) is 36.6 Å². The summed E-state index contributed by atoms with van der Waals surface area (Å²) < 4.78 is 36.1. The zero-order chi connectivity index (χ0) is 23.6. The van der Waals surface area contributed by atoms with Crippen LogP contribution in [0.1, 0.15) is 12.0 Å². The number of carbonyl (C=O) groups excluding carboxylic acids is 2. The Balaban J connectivity index is 1.45. The van der Waals surface area contributed by atoms with Crippen molar-refractivity contribution in [1.82, 2.24) is 10.5 Å². The largest absolute Gasteiger partial charge is 0.442 e.